The Morgan fingerprint density at radius 2 is 1.23 bits per heavy atom. The van der Waals surface area contributed by atoms with Crippen LogP contribution in [0.4, 0.5) is 17.1 Å². The zero-order chi connectivity index (χ0) is 27.8. The Bertz CT molecular complexity index is 1350. The summed E-state index contributed by atoms with van der Waals surface area (Å²) in [6, 6.07) is 25.1. The molecule has 0 spiro atoms. The highest BCUT2D eigenvalue weighted by molar-refractivity contribution is 6.04. The number of ether oxygens (including phenoxy) is 1. The third kappa shape index (κ3) is 6.66. The minimum Gasteiger partial charge on any atom is -0.497 e. The van der Waals surface area contributed by atoms with E-state index in [0.29, 0.717) is 13.1 Å². The van der Waals surface area contributed by atoms with Gasteiger partial charge in [-0.25, -0.2) is 4.58 Å². The van der Waals surface area contributed by atoms with Crippen LogP contribution < -0.4 is 14.5 Å². The molecule has 0 saturated heterocycles. The van der Waals surface area contributed by atoms with E-state index in [1.165, 1.54) is 0 Å². The number of hydrogen-bond donors (Lipinski definition) is 2. The molecule has 0 bridgehead atoms. The van der Waals surface area contributed by atoms with Crippen molar-refractivity contribution in [1.29, 1.82) is 0 Å². The summed E-state index contributed by atoms with van der Waals surface area (Å²) in [6.07, 6.45) is 8.48. The molecule has 6 nitrogen and oxygen atoms in total. The molecule has 0 aliphatic heterocycles. The fourth-order valence-electron chi connectivity index (χ4n) is 4.63. The van der Waals surface area contributed by atoms with Gasteiger partial charge in [-0.1, -0.05) is 24.3 Å². The molecule has 0 saturated carbocycles. The zero-order valence-corrected chi connectivity index (χ0v) is 23.2. The van der Waals surface area contributed by atoms with E-state index in [-0.39, 0.29) is 13.2 Å². The lowest BCUT2D eigenvalue weighted by atomic mass is 9.90. The molecule has 0 fully saturated rings. The van der Waals surface area contributed by atoms with Crippen LogP contribution in [0, 0.1) is 0 Å². The lowest BCUT2D eigenvalue weighted by molar-refractivity contribution is -0.498. The van der Waals surface area contributed by atoms with Crippen molar-refractivity contribution in [2.45, 2.75) is 0 Å². The third-order valence-electron chi connectivity index (χ3n) is 7.07. The molecule has 3 aromatic rings. The fourth-order valence-corrected chi connectivity index (χ4v) is 4.63. The summed E-state index contributed by atoms with van der Waals surface area (Å²) in [5.41, 5.74) is 8.78. The first-order valence-corrected chi connectivity index (χ1v) is 13.1. The van der Waals surface area contributed by atoms with Crippen LogP contribution in [0.1, 0.15) is 11.1 Å². The van der Waals surface area contributed by atoms with E-state index in [9.17, 15) is 10.2 Å². The normalized spacial score (nSPS) is 12.5. The molecule has 6 heteroatoms. The average Bonchev–Trinajstić information content (AvgIpc) is 2.98. The Morgan fingerprint density at radius 3 is 1.72 bits per heavy atom. The van der Waals surface area contributed by atoms with E-state index in [1.54, 1.807) is 7.11 Å². The van der Waals surface area contributed by atoms with Crippen LogP contribution in [0.3, 0.4) is 0 Å². The van der Waals surface area contributed by atoms with E-state index >= 15 is 0 Å². The quantitative estimate of drug-likeness (QED) is 0.370. The van der Waals surface area contributed by atoms with E-state index in [4.69, 9.17) is 4.74 Å². The second-order valence-electron chi connectivity index (χ2n) is 9.56. The van der Waals surface area contributed by atoms with E-state index in [1.807, 2.05) is 35.7 Å². The molecule has 0 amide bonds. The van der Waals surface area contributed by atoms with Crippen molar-refractivity contribution < 1.29 is 19.5 Å². The summed E-state index contributed by atoms with van der Waals surface area (Å²) in [6.45, 7) is 1.40. The number of benzene rings is 3. The number of anilines is 3. The van der Waals surface area contributed by atoms with Crippen LogP contribution >= 0.6 is 0 Å². The number of allylic oxidation sites excluding steroid dienone is 5. The summed E-state index contributed by atoms with van der Waals surface area (Å²) in [5.74, 6) is 0.837. The third-order valence-corrected chi connectivity index (χ3v) is 7.07. The van der Waals surface area contributed by atoms with Crippen molar-refractivity contribution in [3.8, 4) is 5.75 Å². The molecule has 202 valence electrons. The van der Waals surface area contributed by atoms with Gasteiger partial charge in [0.05, 0.1) is 13.7 Å². The number of likely N-dealkylation sites (N-methyl/N-ethyl adjacent to an activating group) is 2. The molecule has 2 N–H and O–H groups in total. The minimum absolute atomic E-state index is 0.115. The van der Waals surface area contributed by atoms with Gasteiger partial charge >= 0.3 is 0 Å². The van der Waals surface area contributed by atoms with Gasteiger partial charge in [-0.15, -0.1) is 0 Å². The first-order valence-electron chi connectivity index (χ1n) is 13.1. The molecule has 0 aromatic heterocycles. The molecule has 0 heterocycles. The maximum atomic E-state index is 9.32. The van der Waals surface area contributed by atoms with Gasteiger partial charge in [0.15, 0.2) is 12.3 Å². The molecular weight excluding hydrogens is 486 g/mol. The first-order chi connectivity index (χ1) is 18.9. The molecule has 39 heavy (non-hydrogen) atoms. The number of aliphatic hydroxyl groups is 2. The highest BCUT2D eigenvalue weighted by Crippen LogP contribution is 2.33. The zero-order valence-electron chi connectivity index (χ0n) is 23.2. The molecule has 0 atom stereocenters. The van der Waals surface area contributed by atoms with Crippen molar-refractivity contribution in [2.75, 3.05) is 64.4 Å². The van der Waals surface area contributed by atoms with Crippen LogP contribution in [0.15, 0.2) is 103 Å². The maximum Gasteiger partial charge on any atom is 0.199 e. The van der Waals surface area contributed by atoms with Crippen LogP contribution in [-0.4, -0.2) is 75.1 Å². The number of hydrogen-bond acceptors (Lipinski definition) is 5. The SMILES string of the molecule is COc1ccc(N(C)c2ccc(C(=C3C=CC(=[N+](C)CCO)C=C3)c3ccc(N(C)CCO)cc3)cc2)cc1. The standard InChI is InChI=1S/C33H38N3O3/c1-34(21-23-37)28-11-5-25(6-12-28)33(26-7-13-29(14-8-26)35(2)22-24-38)27-9-15-30(16-10-27)36(3)31-17-19-32(39-4)20-18-31/h5-20,37-38H,21-24H2,1-4H3/q+1. The summed E-state index contributed by atoms with van der Waals surface area (Å²) in [7, 11) is 7.70. The molecule has 3 aromatic carbocycles. The van der Waals surface area contributed by atoms with Gasteiger partial charge in [-0.2, -0.15) is 0 Å². The second-order valence-corrected chi connectivity index (χ2v) is 9.56. The first kappa shape index (κ1) is 27.9. The molecule has 1 aliphatic carbocycles. The van der Waals surface area contributed by atoms with Crippen molar-refractivity contribution in [2.24, 2.45) is 0 Å². The molecule has 0 unspecified atom stereocenters. The highest BCUT2D eigenvalue weighted by Gasteiger charge is 2.15. The predicted octanol–water partition coefficient (Wildman–Crippen LogP) is 4.90. The van der Waals surface area contributed by atoms with Gasteiger partial charge in [-0.3, -0.25) is 0 Å². The van der Waals surface area contributed by atoms with Crippen LogP contribution in [0.25, 0.3) is 5.57 Å². The number of methoxy groups -OCH3 is 1. The molecule has 4 rings (SSSR count). The Kier molecular flexibility index (Phi) is 9.36. The number of nitrogens with zero attached hydrogens (tertiary/aromatic N) is 3. The van der Waals surface area contributed by atoms with Gasteiger partial charge in [0.25, 0.3) is 0 Å². The summed E-state index contributed by atoms with van der Waals surface area (Å²) < 4.78 is 7.34. The Labute approximate surface area is 231 Å². The Hall–Kier alpha value is -4.13. The second kappa shape index (κ2) is 13.1. The van der Waals surface area contributed by atoms with Crippen LogP contribution in [0.2, 0.25) is 0 Å². The smallest absolute Gasteiger partial charge is 0.199 e. The average molecular weight is 525 g/mol. The number of rotatable bonds is 10. The van der Waals surface area contributed by atoms with Gasteiger partial charge in [-0.05, 0) is 83.0 Å². The van der Waals surface area contributed by atoms with Gasteiger partial charge in [0, 0.05) is 49.9 Å². The lowest BCUT2D eigenvalue weighted by Gasteiger charge is -2.21. The summed E-state index contributed by atoms with van der Waals surface area (Å²) in [5, 5.41) is 18.6. The number of aliphatic hydroxyl groups excluding tert-OH is 2. The highest BCUT2D eigenvalue weighted by atomic mass is 16.5. The maximum absolute atomic E-state index is 9.32. The van der Waals surface area contributed by atoms with E-state index in [0.717, 1.165) is 50.8 Å². The Balaban J connectivity index is 1.71. The lowest BCUT2D eigenvalue weighted by Crippen LogP contribution is -2.20. The monoisotopic (exact) mass is 524 g/mol. The fraction of sp³-hybridized carbons (Fsp3) is 0.242. The Morgan fingerprint density at radius 1 is 0.718 bits per heavy atom. The van der Waals surface area contributed by atoms with Crippen molar-refractivity contribution in [3.63, 3.8) is 0 Å². The summed E-state index contributed by atoms with van der Waals surface area (Å²) in [4.78, 5) is 4.19. The molecular formula is C33H38N3O3+. The topological polar surface area (TPSA) is 59.2 Å². The van der Waals surface area contributed by atoms with Crippen LogP contribution in [-0.2, 0) is 0 Å². The molecule has 1 aliphatic rings. The molecule has 0 radical (unpaired) electrons. The van der Waals surface area contributed by atoms with E-state index < -0.39 is 0 Å². The minimum atomic E-state index is 0.115. The van der Waals surface area contributed by atoms with Crippen molar-refractivity contribution in [1.82, 2.24) is 0 Å². The van der Waals surface area contributed by atoms with Gasteiger partial charge < -0.3 is 24.7 Å². The van der Waals surface area contributed by atoms with Gasteiger partial charge in [0.2, 0.25) is 0 Å². The van der Waals surface area contributed by atoms with Crippen molar-refractivity contribution >= 4 is 28.3 Å². The van der Waals surface area contributed by atoms with Crippen molar-refractivity contribution in [3.05, 3.63) is 114 Å². The van der Waals surface area contributed by atoms with Gasteiger partial charge in [0.1, 0.15) is 19.4 Å². The van der Waals surface area contributed by atoms with Crippen LogP contribution in [0.5, 0.6) is 5.75 Å². The van der Waals surface area contributed by atoms with E-state index in [2.05, 4.69) is 96.9 Å². The predicted molar refractivity (Wildman–Crippen MR) is 162 cm³/mol. The summed E-state index contributed by atoms with van der Waals surface area (Å²) >= 11 is 0. The largest absolute Gasteiger partial charge is 0.497 e.